The molecule has 3 N–H and O–H groups in total. The number of aromatic nitrogens is 3. The maximum absolute atomic E-state index is 11.5. The number of nitrogens with two attached hydrogens (primary N) is 1. The minimum atomic E-state index is -0.696. The Morgan fingerprint density at radius 1 is 1.22 bits per heavy atom. The molecule has 1 aromatic heterocycles. The van der Waals surface area contributed by atoms with Crippen LogP contribution in [0, 0.1) is 10.1 Å². The van der Waals surface area contributed by atoms with Gasteiger partial charge >= 0.3 is 0 Å². The van der Waals surface area contributed by atoms with Crippen molar-refractivity contribution in [1.29, 1.82) is 0 Å². The molecule has 138 valence electrons. The molecule has 1 amide bonds. The number of hydrogen-bond acceptors (Lipinski definition) is 7. The normalized spacial score (nSPS) is 10.4. The molecule has 3 rings (SSSR count). The molecule has 0 bridgehead atoms. The van der Waals surface area contributed by atoms with E-state index in [2.05, 4.69) is 15.4 Å². The molecule has 10 heteroatoms. The zero-order valence-corrected chi connectivity index (χ0v) is 14.2. The van der Waals surface area contributed by atoms with Crippen LogP contribution in [-0.4, -0.2) is 33.4 Å². The van der Waals surface area contributed by atoms with Gasteiger partial charge in [-0.05, 0) is 30.3 Å². The first kappa shape index (κ1) is 17.9. The Kier molecular flexibility index (Phi) is 4.97. The van der Waals surface area contributed by atoms with E-state index in [-0.39, 0.29) is 18.0 Å². The van der Waals surface area contributed by atoms with E-state index in [0.717, 1.165) is 0 Å². The third-order valence-corrected chi connectivity index (χ3v) is 3.78. The van der Waals surface area contributed by atoms with Crippen LogP contribution in [0.15, 0.2) is 42.5 Å². The fourth-order valence-corrected chi connectivity index (χ4v) is 2.47. The van der Waals surface area contributed by atoms with Crippen molar-refractivity contribution in [1.82, 2.24) is 15.4 Å². The average Bonchev–Trinajstić information content (AvgIpc) is 3.16. The van der Waals surface area contributed by atoms with Crippen LogP contribution in [0.2, 0.25) is 0 Å². The number of carbonyl (C=O) groups is 1. The van der Waals surface area contributed by atoms with Gasteiger partial charge < -0.3 is 15.2 Å². The number of nitro groups is 1. The number of methoxy groups -OCH3 is 1. The molecule has 0 saturated heterocycles. The molecule has 2 aromatic carbocycles. The van der Waals surface area contributed by atoms with Gasteiger partial charge in [0, 0.05) is 23.3 Å². The SMILES string of the molecule is COc1ccc(-c2n[nH]nc2C(N)=O)cc1COc1ccc([N+](=O)[O-])cc1. The Bertz CT molecular complexity index is 984. The zero-order chi connectivity index (χ0) is 19.4. The summed E-state index contributed by atoms with van der Waals surface area (Å²) in [6.07, 6.45) is 0. The summed E-state index contributed by atoms with van der Waals surface area (Å²) in [7, 11) is 1.52. The number of carbonyl (C=O) groups excluding carboxylic acids is 1. The van der Waals surface area contributed by atoms with Gasteiger partial charge in [-0.2, -0.15) is 15.4 Å². The maximum Gasteiger partial charge on any atom is 0.271 e. The largest absolute Gasteiger partial charge is 0.496 e. The highest BCUT2D eigenvalue weighted by molar-refractivity contribution is 5.96. The van der Waals surface area contributed by atoms with E-state index in [1.807, 2.05) is 0 Å². The standard InChI is InChI=1S/C17H15N5O5/c1-26-14-7-2-10(15-16(17(18)23)20-21-19-15)8-11(14)9-27-13-5-3-12(4-6-13)22(24)25/h2-8H,9H2,1H3,(H2,18,23)(H,19,20,21). The van der Waals surface area contributed by atoms with Crippen molar-refractivity contribution in [3.8, 4) is 22.8 Å². The molecule has 0 aliphatic rings. The monoisotopic (exact) mass is 369 g/mol. The van der Waals surface area contributed by atoms with E-state index in [4.69, 9.17) is 15.2 Å². The molecule has 27 heavy (non-hydrogen) atoms. The molecule has 1 heterocycles. The summed E-state index contributed by atoms with van der Waals surface area (Å²) in [5.74, 6) is 0.343. The van der Waals surface area contributed by atoms with E-state index in [1.165, 1.54) is 31.4 Å². The van der Waals surface area contributed by atoms with Crippen molar-refractivity contribution in [3.63, 3.8) is 0 Å². The fraction of sp³-hybridized carbons (Fsp3) is 0.118. The van der Waals surface area contributed by atoms with Crippen molar-refractivity contribution in [2.45, 2.75) is 6.61 Å². The predicted octanol–water partition coefficient (Wildman–Crippen LogP) is 2.07. The number of nitrogens with zero attached hydrogens (tertiary/aromatic N) is 3. The van der Waals surface area contributed by atoms with Gasteiger partial charge in [-0.15, -0.1) is 0 Å². The molecular weight excluding hydrogens is 354 g/mol. The average molecular weight is 369 g/mol. The molecule has 0 aliphatic heterocycles. The van der Waals surface area contributed by atoms with Crippen LogP contribution in [0.3, 0.4) is 0 Å². The van der Waals surface area contributed by atoms with Gasteiger partial charge in [0.2, 0.25) is 0 Å². The Hall–Kier alpha value is -3.95. The highest BCUT2D eigenvalue weighted by Gasteiger charge is 2.17. The van der Waals surface area contributed by atoms with Crippen molar-refractivity contribution in [2.75, 3.05) is 7.11 Å². The predicted molar refractivity (Wildman–Crippen MR) is 94.3 cm³/mol. The first-order valence-electron chi connectivity index (χ1n) is 7.74. The van der Waals surface area contributed by atoms with Crippen molar-refractivity contribution in [2.24, 2.45) is 5.73 Å². The van der Waals surface area contributed by atoms with Crippen LogP contribution in [0.4, 0.5) is 5.69 Å². The minimum absolute atomic E-state index is 0.0214. The Morgan fingerprint density at radius 2 is 1.96 bits per heavy atom. The van der Waals surface area contributed by atoms with E-state index >= 15 is 0 Å². The van der Waals surface area contributed by atoms with E-state index < -0.39 is 10.8 Å². The molecule has 0 spiro atoms. The highest BCUT2D eigenvalue weighted by Crippen LogP contribution is 2.28. The lowest BCUT2D eigenvalue weighted by Crippen LogP contribution is -2.12. The summed E-state index contributed by atoms with van der Waals surface area (Å²) in [5.41, 5.74) is 6.93. The molecular formula is C17H15N5O5. The number of non-ortho nitro benzene ring substituents is 1. The van der Waals surface area contributed by atoms with Gasteiger partial charge in [-0.1, -0.05) is 0 Å². The number of aromatic amines is 1. The van der Waals surface area contributed by atoms with Crippen LogP contribution >= 0.6 is 0 Å². The lowest BCUT2D eigenvalue weighted by atomic mass is 10.1. The van der Waals surface area contributed by atoms with Crippen LogP contribution in [0.5, 0.6) is 11.5 Å². The zero-order valence-electron chi connectivity index (χ0n) is 14.2. The quantitative estimate of drug-likeness (QED) is 0.478. The number of H-pyrrole nitrogens is 1. The maximum atomic E-state index is 11.5. The lowest BCUT2D eigenvalue weighted by Gasteiger charge is -2.12. The van der Waals surface area contributed by atoms with Crippen molar-refractivity contribution in [3.05, 3.63) is 63.8 Å². The second-order valence-electron chi connectivity index (χ2n) is 5.45. The number of nitrogens with one attached hydrogen (secondary N) is 1. The number of amides is 1. The topological polar surface area (TPSA) is 146 Å². The van der Waals surface area contributed by atoms with Gasteiger partial charge in [0.1, 0.15) is 23.8 Å². The summed E-state index contributed by atoms with van der Waals surface area (Å²) in [6.45, 7) is 0.137. The molecule has 0 atom stereocenters. The van der Waals surface area contributed by atoms with Gasteiger partial charge in [-0.3, -0.25) is 14.9 Å². The minimum Gasteiger partial charge on any atom is -0.496 e. The number of nitro benzene ring substituents is 1. The molecule has 0 fully saturated rings. The number of rotatable bonds is 7. The highest BCUT2D eigenvalue weighted by atomic mass is 16.6. The van der Waals surface area contributed by atoms with E-state index in [9.17, 15) is 14.9 Å². The molecule has 3 aromatic rings. The van der Waals surface area contributed by atoms with E-state index in [0.29, 0.717) is 28.3 Å². The number of benzene rings is 2. The second kappa shape index (κ2) is 7.52. The number of primary amides is 1. The Morgan fingerprint density at radius 3 is 2.59 bits per heavy atom. The third-order valence-electron chi connectivity index (χ3n) is 3.78. The Balaban J connectivity index is 1.84. The van der Waals surface area contributed by atoms with Gasteiger partial charge in [0.25, 0.3) is 11.6 Å². The first-order chi connectivity index (χ1) is 13.0. The molecule has 0 unspecified atom stereocenters. The van der Waals surface area contributed by atoms with Gasteiger partial charge in [0.05, 0.1) is 12.0 Å². The van der Waals surface area contributed by atoms with Crippen molar-refractivity contribution < 1.29 is 19.2 Å². The molecule has 0 radical (unpaired) electrons. The smallest absolute Gasteiger partial charge is 0.271 e. The van der Waals surface area contributed by atoms with Crippen LogP contribution in [0.1, 0.15) is 16.1 Å². The summed E-state index contributed by atoms with van der Waals surface area (Å²) < 4.78 is 11.0. The van der Waals surface area contributed by atoms with E-state index in [1.54, 1.807) is 18.2 Å². The first-order valence-corrected chi connectivity index (χ1v) is 7.74. The van der Waals surface area contributed by atoms with Gasteiger partial charge in [-0.25, -0.2) is 0 Å². The number of hydrogen-bond donors (Lipinski definition) is 2. The Labute approximate surface area is 153 Å². The number of ether oxygens (including phenoxy) is 2. The van der Waals surface area contributed by atoms with Crippen LogP contribution < -0.4 is 15.2 Å². The van der Waals surface area contributed by atoms with Gasteiger partial charge in [0.15, 0.2) is 5.69 Å². The lowest BCUT2D eigenvalue weighted by molar-refractivity contribution is -0.384. The molecule has 0 saturated carbocycles. The van der Waals surface area contributed by atoms with Crippen molar-refractivity contribution >= 4 is 11.6 Å². The van der Waals surface area contributed by atoms with Crippen LogP contribution in [0.25, 0.3) is 11.3 Å². The summed E-state index contributed by atoms with van der Waals surface area (Å²) in [6, 6.07) is 10.9. The summed E-state index contributed by atoms with van der Waals surface area (Å²) in [4.78, 5) is 21.7. The molecule has 10 nitrogen and oxygen atoms in total. The fourth-order valence-electron chi connectivity index (χ4n) is 2.47. The molecule has 0 aliphatic carbocycles. The second-order valence-corrected chi connectivity index (χ2v) is 5.45. The summed E-state index contributed by atoms with van der Waals surface area (Å²) in [5, 5.41) is 20.8. The van der Waals surface area contributed by atoms with Crippen LogP contribution in [-0.2, 0) is 6.61 Å². The summed E-state index contributed by atoms with van der Waals surface area (Å²) >= 11 is 0. The third kappa shape index (κ3) is 3.84.